The molecule has 0 aromatic rings. The summed E-state index contributed by atoms with van der Waals surface area (Å²) >= 11 is 0. The van der Waals surface area contributed by atoms with Crippen LogP contribution in [0.15, 0.2) is 0 Å². The highest BCUT2D eigenvalue weighted by Crippen LogP contribution is 2.32. The van der Waals surface area contributed by atoms with Gasteiger partial charge < -0.3 is 10.4 Å². The first kappa shape index (κ1) is 14.0. The highest BCUT2D eigenvalue weighted by molar-refractivity contribution is 5.82. The maximum Gasteiger partial charge on any atom is 0.324 e. The van der Waals surface area contributed by atoms with E-state index in [-0.39, 0.29) is 12.5 Å². The Morgan fingerprint density at radius 3 is 2.65 bits per heavy atom. The number of nitrogens with one attached hydrogen (secondary N) is 1. The number of hydrogen-bond donors (Lipinski definition) is 2. The first-order valence-electron chi connectivity index (χ1n) is 6.32. The van der Waals surface area contributed by atoms with Gasteiger partial charge in [0.25, 0.3) is 0 Å². The van der Waals surface area contributed by atoms with Crippen LogP contribution in [-0.2, 0) is 9.59 Å². The summed E-state index contributed by atoms with van der Waals surface area (Å²) in [6, 6.07) is 0. The molecule has 0 aliphatic carbocycles. The van der Waals surface area contributed by atoms with E-state index < -0.39 is 11.5 Å². The quantitative estimate of drug-likeness (QED) is 0.724. The third kappa shape index (κ3) is 2.97. The molecule has 1 unspecified atom stereocenters. The maximum absolute atomic E-state index is 11.6. The van der Waals surface area contributed by atoms with E-state index in [1.807, 2.05) is 13.8 Å². The second-order valence-electron chi connectivity index (χ2n) is 4.57. The molecule has 1 atom stereocenters. The monoisotopic (exact) mass is 242 g/mol. The molecule has 0 aromatic heterocycles. The lowest BCUT2D eigenvalue weighted by molar-refractivity contribution is -0.150. The fraction of sp³-hybridized carbons (Fsp3) is 0.833. The Hall–Kier alpha value is -1.10. The molecule has 0 spiro atoms. The highest BCUT2D eigenvalue weighted by Gasteiger charge is 2.46. The van der Waals surface area contributed by atoms with Crippen molar-refractivity contribution < 1.29 is 14.7 Å². The molecule has 98 valence electrons. The van der Waals surface area contributed by atoms with Gasteiger partial charge in [0, 0.05) is 6.54 Å². The molecule has 5 heteroatoms. The third-order valence-electron chi connectivity index (χ3n) is 3.51. The van der Waals surface area contributed by atoms with Crippen molar-refractivity contribution in [3.63, 3.8) is 0 Å². The number of carboxylic acid groups (broad SMARTS) is 1. The van der Waals surface area contributed by atoms with Gasteiger partial charge in [0.1, 0.15) is 5.54 Å². The highest BCUT2D eigenvalue weighted by atomic mass is 16.4. The average molecular weight is 242 g/mol. The molecule has 1 rings (SSSR count). The molecule has 0 saturated carbocycles. The number of carbonyl (C=O) groups is 2. The van der Waals surface area contributed by atoms with Gasteiger partial charge in [-0.15, -0.1) is 0 Å². The smallest absolute Gasteiger partial charge is 0.324 e. The lowest BCUT2D eigenvalue weighted by atomic mass is 9.93. The van der Waals surface area contributed by atoms with E-state index in [9.17, 15) is 14.7 Å². The van der Waals surface area contributed by atoms with Gasteiger partial charge in [-0.1, -0.05) is 13.8 Å². The normalized spacial score (nSPS) is 24.8. The molecule has 1 heterocycles. The summed E-state index contributed by atoms with van der Waals surface area (Å²) in [5.41, 5.74) is -0.830. The predicted octanol–water partition coefficient (Wildman–Crippen LogP) is 0.842. The van der Waals surface area contributed by atoms with Crippen LogP contribution in [0.3, 0.4) is 0 Å². The Kier molecular flexibility index (Phi) is 4.93. The van der Waals surface area contributed by atoms with Crippen LogP contribution in [-0.4, -0.2) is 47.1 Å². The molecule has 2 N–H and O–H groups in total. The van der Waals surface area contributed by atoms with Crippen LogP contribution in [0.25, 0.3) is 0 Å². The van der Waals surface area contributed by atoms with Crippen molar-refractivity contribution in [1.82, 2.24) is 10.2 Å². The summed E-state index contributed by atoms with van der Waals surface area (Å²) < 4.78 is 0. The fourth-order valence-electron chi connectivity index (χ4n) is 2.45. The first-order valence-corrected chi connectivity index (χ1v) is 6.32. The number of nitrogens with zero attached hydrogens (tertiary/aromatic N) is 1. The van der Waals surface area contributed by atoms with Crippen molar-refractivity contribution in [1.29, 1.82) is 0 Å². The molecular formula is C12H22N2O3. The van der Waals surface area contributed by atoms with Crippen LogP contribution < -0.4 is 5.32 Å². The van der Waals surface area contributed by atoms with E-state index in [1.165, 1.54) is 0 Å². The zero-order chi connectivity index (χ0) is 12.9. The van der Waals surface area contributed by atoms with Crippen LogP contribution in [0.4, 0.5) is 0 Å². The number of rotatable bonds is 6. The van der Waals surface area contributed by atoms with Gasteiger partial charge in [0.2, 0.25) is 5.91 Å². The topological polar surface area (TPSA) is 69.6 Å². The number of carbonyl (C=O) groups excluding carboxylic acids is 1. The van der Waals surface area contributed by atoms with E-state index in [0.29, 0.717) is 25.9 Å². The molecule has 0 bridgehead atoms. The summed E-state index contributed by atoms with van der Waals surface area (Å²) in [5.74, 6) is -0.881. The summed E-state index contributed by atoms with van der Waals surface area (Å²) in [6.07, 6.45) is 2.92. The fourth-order valence-corrected chi connectivity index (χ4v) is 2.45. The second-order valence-corrected chi connectivity index (χ2v) is 4.57. The second kappa shape index (κ2) is 6.00. The largest absolute Gasteiger partial charge is 0.480 e. The van der Waals surface area contributed by atoms with E-state index in [4.69, 9.17) is 0 Å². The van der Waals surface area contributed by atoms with Gasteiger partial charge in [0.05, 0.1) is 6.54 Å². The molecule has 1 amide bonds. The summed E-state index contributed by atoms with van der Waals surface area (Å²) in [4.78, 5) is 24.8. The Balaban J connectivity index is 2.63. The SMILES string of the molecule is CCCNC(=O)CN1CCCC1(CC)C(=O)O. The molecule has 1 aliphatic heterocycles. The Morgan fingerprint density at radius 2 is 2.12 bits per heavy atom. The number of amides is 1. The molecule has 1 saturated heterocycles. The number of hydrogen-bond acceptors (Lipinski definition) is 3. The van der Waals surface area contributed by atoms with Crippen molar-refractivity contribution in [2.45, 2.75) is 45.1 Å². The van der Waals surface area contributed by atoms with Crippen molar-refractivity contribution in [3.05, 3.63) is 0 Å². The zero-order valence-corrected chi connectivity index (χ0v) is 10.7. The Labute approximate surface area is 102 Å². The van der Waals surface area contributed by atoms with Crippen LogP contribution in [0, 0.1) is 0 Å². The number of aliphatic carboxylic acids is 1. The van der Waals surface area contributed by atoms with Gasteiger partial charge in [-0.3, -0.25) is 14.5 Å². The van der Waals surface area contributed by atoms with Gasteiger partial charge in [-0.05, 0) is 32.2 Å². The zero-order valence-electron chi connectivity index (χ0n) is 10.7. The van der Waals surface area contributed by atoms with Gasteiger partial charge in [-0.2, -0.15) is 0 Å². The molecule has 1 fully saturated rings. The van der Waals surface area contributed by atoms with E-state index in [0.717, 1.165) is 12.8 Å². The lowest BCUT2D eigenvalue weighted by Crippen LogP contribution is -2.53. The molecule has 5 nitrogen and oxygen atoms in total. The number of carboxylic acids is 1. The van der Waals surface area contributed by atoms with Crippen LogP contribution in [0.5, 0.6) is 0 Å². The van der Waals surface area contributed by atoms with Crippen molar-refractivity contribution in [2.24, 2.45) is 0 Å². The van der Waals surface area contributed by atoms with Crippen LogP contribution >= 0.6 is 0 Å². The van der Waals surface area contributed by atoms with E-state index in [1.54, 1.807) is 4.90 Å². The molecule has 17 heavy (non-hydrogen) atoms. The maximum atomic E-state index is 11.6. The standard InChI is InChI=1S/C12H22N2O3/c1-3-7-13-10(15)9-14-8-5-6-12(14,4-2)11(16)17/h3-9H2,1-2H3,(H,13,15)(H,16,17). The van der Waals surface area contributed by atoms with Crippen molar-refractivity contribution in [3.8, 4) is 0 Å². The van der Waals surface area contributed by atoms with Crippen LogP contribution in [0.2, 0.25) is 0 Å². The van der Waals surface area contributed by atoms with Gasteiger partial charge >= 0.3 is 5.97 Å². The van der Waals surface area contributed by atoms with E-state index >= 15 is 0 Å². The summed E-state index contributed by atoms with van der Waals surface area (Å²) in [6.45, 7) is 5.40. The van der Waals surface area contributed by atoms with Crippen LogP contribution in [0.1, 0.15) is 39.5 Å². The molecule has 1 aliphatic rings. The minimum atomic E-state index is -0.830. The average Bonchev–Trinajstić information content (AvgIpc) is 2.70. The number of likely N-dealkylation sites (tertiary alicyclic amines) is 1. The Morgan fingerprint density at radius 1 is 1.41 bits per heavy atom. The molecule has 0 radical (unpaired) electrons. The predicted molar refractivity (Wildman–Crippen MR) is 64.8 cm³/mol. The van der Waals surface area contributed by atoms with E-state index in [2.05, 4.69) is 5.32 Å². The van der Waals surface area contributed by atoms with Crippen molar-refractivity contribution in [2.75, 3.05) is 19.6 Å². The van der Waals surface area contributed by atoms with Gasteiger partial charge in [0.15, 0.2) is 0 Å². The minimum absolute atomic E-state index is 0.0761. The molecular weight excluding hydrogens is 220 g/mol. The third-order valence-corrected chi connectivity index (χ3v) is 3.51. The molecule has 0 aromatic carbocycles. The van der Waals surface area contributed by atoms with Gasteiger partial charge in [-0.25, -0.2) is 0 Å². The first-order chi connectivity index (χ1) is 8.06. The summed E-state index contributed by atoms with van der Waals surface area (Å²) in [5, 5.41) is 12.1. The Bertz CT molecular complexity index is 293. The van der Waals surface area contributed by atoms with Crippen molar-refractivity contribution >= 4 is 11.9 Å². The minimum Gasteiger partial charge on any atom is -0.480 e. The lowest BCUT2D eigenvalue weighted by Gasteiger charge is -2.33. The summed E-state index contributed by atoms with van der Waals surface area (Å²) in [7, 11) is 0.